The number of hydrogen-bond donors (Lipinski definition) is 3. The number of fused-ring (bicyclic) bond motifs is 1. The average molecular weight is 510 g/mol. The number of aromatic amines is 1. The van der Waals surface area contributed by atoms with Crippen molar-refractivity contribution in [2.24, 2.45) is 10.4 Å². The molecule has 0 spiro atoms. The third-order valence-corrected chi connectivity index (χ3v) is 5.60. The summed E-state index contributed by atoms with van der Waals surface area (Å²) in [4.78, 5) is 35.0. The molecule has 1 unspecified atom stereocenters. The Morgan fingerprint density at radius 1 is 1.03 bits per heavy atom. The van der Waals surface area contributed by atoms with Crippen LogP contribution in [0.1, 0.15) is 32.6 Å². The van der Waals surface area contributed by atoms with Crippen LogP contribution >= 0.6 is 15.9 Å². The van der Waals surface area contributed by atoms with E-state index in [-0.39, 0.29) is 11.9 Å². The molecule has 33 heavy (non-hydrogen) atoms. The molecule has 0 aliphatic carbocycles. The molecule has 9 heteroatoms. The first-order valence-electron chi connectivity index (χ1n) is 10.4. The van der Waals surface area contributed by atoms with Gasteiger partial charge in [-0.15, -0.1) is 0 Å². The van der Waals surface area contributed by atoms with Crippen LogP contribution in [0.15, 0.2) is 76.3 Å². The van der Waals surface area contributed by atoms with Gasteiger partial charge in [0.05, 0.1) is 16.9 Å². The Labute approximate surface area is 200 Å². The van der Waals surface area contributed by atoms with Crippen LogP contribution < -0.4 is 15.5 Å². The number of halogens is 1. The Morgan fingerprint density at radius 2 is 1.61 bits per heavy atom. The molecule has 2 aromatic carbocycles. The van der Waals surface area contributed by atoms with Gasteiger partial charge in [-0.1, -0.05) is 57.2 Å². The molecular weight excluding hydrogens is 486 g/mol. The van der Waals surface area contributed by atoms with Crippen molar-refractivity contribution in [1.82, 2.24) is 10.3 Å². The topological polar surface area (TPSA) is 98.8 Å². The molecule has 2 amide bonds. The van der Waals surface area contributed by atoms with Crippen molar-refractivity contribution in [3.8, 4) is 0 Å². The number of rotatable bonds is 3. The van der Waals surface area contributed by atoms with Gasteiger partial charge in [-0.05, 0) is 40.2 Å². The van der Waals surface area contributed by atoms with Crippen LogP contribution in [0.25, 0.3) is 0 Å². The van der Waals surface area contributed by atoms with Crippen LogP contribution in [0.2, 0.25) is 0 Å². The molecular formula is C24H24BrN5O3. The van der Waals surface area contributed by atoms with Crippen molar-refractivity contribution in [3.05, 3.63) is 76.9 Å². The summed E-state index contributed by atoms with van der Waals surface area (Å²) >= 11 is 3.48. The lowest BCUT2D eigenvalue weighted by atomic mass is 9.96. The van der Waals surface area contributed by atoms with Crippen LogP contribution in [0.5, 0.6) is 0 Å². The number of para-hydroxylation sites is 2. The van der Waals surface area contributed by atoms with E-state index in [0.717, 1.165) is 0 Å². The summed E-state index contributed by atoms with van der Waals surface area (Å²) in [7, 11) is 0. The van der Waals surface area contributed by atoms with Gasteiger partial charge in [0, 0.05) is 16.1 Å². The number of nitrogens with zero attached hydrogens (tertiary/aromatic N) is 2. The number of ether oxygens (including phenoxy) is 1. The van der Waals surface area contributed by atoms with E-state index in [0.29, 0.717) is 27.2 Å². The lowest BCUT2D eigenvalue weighted by Gasteiger charge is -2.28. The number of hydrogen-bond acceptors (Lipinski definition) is 5. The zero-order chi connectivity index (χ0) is 23.6. The summed E-state index contributed by atoms with van der Waals surface area (Å²) in [5.41, 5.74) is 1.31. The summed E-state index contributed by atoms with van der Waals surface area (Å²) in [6.45, 7) is 5.41. The highest BCUT2D eigenvalue weighted by atomic mass is 79.9. The van der Waals surface area contributed by atoms with E-state index < -0.39 is 17.7 Å². The third-order valence-electron chi connectivity index (χ3n) is 4.94. The zero-order valence-electron chi connectivity index (χ0n) is 18.4. The summed E-state index contributed by atoms with van der Waals surface area (Å²) in [6.07, 6.45) is 0.123. The van der Waals surface area contributed by atoms with Crippen molar-refractivity contribution in [3.63, 3.8) is 0 Å². The normalized spacial score (nSPS) is 15.0. The van der Waals surface area contributed by atoms with Gasteiger partial charge in [-0.2, -0.15) is 0 Å². The van der Waals surface area contributed by atoms with E-state index in [1.165, 1.54) is 4.90 Å². The number of carbonyl (C=O) groups is 2. The molecule has 0 radical (unpaired) electrons. The van der Waals surface area contributed by atoms with Crippen LogP contribution in [0.4, 0.5) is 22.0 Å². The molecule has 1 aliphatic rings. The molecule has 0 saturated heterocycles. The molecule has 3 N–H and O–H groups in total. The Bertz CT molecular complexity index is 1150. The maximum absolute atomic E-state index is 13.4. The van der Waals surface area contributed by atoms with Crippen molar-refractivity contribution >= 4 is 51.1 Å². The van der Waals surface area contributed by atoms with Gasteiger partial charge >= 0.3 is 6.09 Å². The molecule has 0 saturated carbocycles. The number of amides is 2. The van der Waals surface area contributed by atoms with E-state index in [4.69, 9.17) is 4.74 Å². The Balaban J connectivity index is 1.66. The first-order chi connectivity index (χ1) is 15.7. The predicted octanol–water partition coefficient (Wildman–Crippen LogP) is 5.69. The minimum atomic E-state index is -0.987. The first-order valence-corrected chi connectivity index (χ1v) is 11.2. The quantitative estimate of drug-likeness (QED) is 0.421. The van der Waals surface area contributed by atoms with Gasteiger partial charge in [-0.25, -0.2) is 14.7 Å². The number of benzene rings is 2. The fraction of sp³-hybridized carbons (Fsp3) is 0.208. The second-order valence-corrected chi connectivity index (χ2v) is 9.33. The molecule has 1 atom stereocenters. The SMILES string of the molecule is CC(C)(C)C(=O)NC1=NC(OC(=O)N(c2ccccc2)c2ccccc2)c2c(Br)c[nH]c2N1. The fourth-order valence-corrected chi connectivity index (χ4v) is 3.70. The van der Waals surface area contributed by atoms with Gasteiger partial charge in [0.25, 0.3) is 0 Å². The molecule has 0 fully saturated rings. The van der Waals surface area contributed by atoms with Gasteiger partial charge in [0.15, 0.2) is 0 Å². The van der Waals surface area contributed by atoms with Crippen molar-refractivity contribution in [1.29, 1.82) is 0 Å². The lowest BCUT2D eigenvalue weighted by Crippen LogP contribution is -2.44. The highest BCUT2D eigenvalue weighted by Crippen LogP contribution is 2.37. The highest BCUT2D eigenvalue weighted by molar-refractivity contribution is 9.10. The first kappa shape index (κ1) is 22.6. The Morgan fingerprint density at radius 3 is 2.15 bits per heavy atom. The molecule has 170 valence electrons. The summed E-state index contributed by atoms with van der Waals surface area (Å²) in [5.74, 6) is 0.550. The van der Waals surface area contributed by atoms with Gasteiger partial charge in [0.1, 0.15) is 5.82 Å². The van der Waals surface area contributed by atoms with E-state index in [9.17, 15) is 9.59 Å². The zero-order valence-corrected chi connectivity index (χ0v) is 20.0. The molecule has 2 heterocycles. The summed E-state index contributed by atoms with van der Waals surface area (Å²) in [5, 5.41) is 5.81. The maximum atomic E-state index is 13.4. The Hall–Kier alpha value is -3.59. The van der Waals surface area contributed by atoms with Crippen molar-refractivity contribution < 1.29 is 14.3 Å². The minimum absolute atomic E-state index is 0.195. The van der Waals surface area contributed by atoms with E-state index in [1.54, 1.807) is 27.0 Å². The van der Waals surface area contributed by atoms with E-state index in [1.807, 2.05) is 60.7 Å². The number of carbonyl (C=O) groups excluding carboxylic acids is 2. The molecule has 0 bridgehead atoms. The maximum Gasteiger partial charge on any atom is 0.421 e. The standard InChI is InChI=1S/C24H24BrN5O3/c1-24(2,3)21(31)29-22-27-19-18(17(25)14-26-19)20(28-22)33-23(32)30(15-10-6-4-7-11-15)16-12-8-5-9-13-16/h4-14,20,26H,1-3H3,(H2,27,28,29,31). The highest BCUT2D eigenvalue weighted by Gasteiger charge is 2.33. The van der Waals surface area contributed by atoms with Crippen LogP contribution in [-0.4, -0.2) is 22.9 Å². The van der Waals surface area contributed by atoms with Crippen molar-refractivity contribution in [2.75, 3.05) is 10.2 Å². The number of aromatic nitrogens is 1. The fourth-order valence-electron chi connectivity index (χ4n) is 3.19. The van der Waals surface area contributed by atoms with Crippen LogP contribution in [0, 0.1) is 5.41 Å². The van der Waals surface area contributed by atoms with Crippen molar-refractivity contribution in [2.45, 2.75) is 27.0 Å². The molecule has 8 nitrogen and oxygen atoms in total. The number of aliphatic imine (C=N–C) groups is 1. The van der Waals surface area contributed by atoms with Gasteiger partial charge < -0.3 is 15.0 Å². The second kappa shape index (κ2) is 9.11. The number of nitrogens with one attached hydrogen (secondary N) is 3. The second-order valence-electron chi connectivity index (χ2n) is 8.47. The van der Waals surface area contributed by atoms with Crippen LogP contribution in [-0.2, 0) is 9.53 Å². The minimum Gasteiger partial charge on any atom is -0.418 e. The van der Waals surface area contributed by atoms with Crippen LogP contribution in [0.3, 0.4) is 0 Å². The number of guanidine groups is 1. The number of anilines is 3. The summed E-state index contributed by atoms with van der Waals surface area (Å²) in [6, 6.07) is 18.5. The summed E-state index contributed by atoms with van der Waals surface area (Å²) < 4.78 is 6.58. The lowest BCUT2D eigenvalue weighted by molar-refractivity contribution is -0.126. The Kier molecular flexibility index (Phi) is 6.24. The monoisotopic (exact) mass is 509 g/mol. The largest absolute Gasteiger partial charge is 0.421 e. The molecule has 3 aromatic rings. The molecule has 1 aromatic heterocycles. The average Bonchev–Trinajstić information content (AvgIpc) is 3.15. The smallest absolute Gasteiger partial charge is 0.418 e. The predicted molar refractivity (Wildman–Crippen MR) is 131 cm³/mol. The molecule has 1 aliphatic heterocycles. The van der Waals surface area contributed by atoms with Gasteiger partial charge in [0.2, 0.25) is 18.1 Å². The third kappa shape index (κ3) is 4.93. The molecule has 4 rings (SSSR count). The van der Waals surface area contributed by atoms with E-state index >= 15 is 0 Å². The number of H-pyrrole nitrogens is 1. The van der Waals surface area contributed by atoms with E-state index in [2.05, 4.69) is 36.5 Å². The van der Waals surface area contributed by atoms with Gasteiger partial charge in [-0.3, -0.25) is 10.1 Å².